The van der Waals surface area contributed by atoms with Crippen LogP contribution in [0.3, 0.4) is 0 Å². The molecule has 0 spiro atoms. The van der Waals surface area contributed by atoms with Crippen LogP contribution in [0.15, 0.2) is 24.3 Å². The largest absolute Gasteiger partial charge is 0.851 e. The van der Waals surface area contributed by atoms with Gasteiger partial charge in [0.25, 0.3) is 0 Å². The maximum absolute atomic E-state index is 14.6. The summed E-state index contributed by atoms with van der Waals surface area (Å²) in [4.78, 5) is 31.5. The maximum atomic E-state index is 14.6. The van der Waals surface area contributed by atoms with E-state index in [-0.39, 0.29) is 46.8 Å². The fraction of sp³-hybridized carbons (Fsp3) is 0.659. The number of amides is 2. The average Bonchev–Trinajstić information content (AvgIpc) is 3.33. The number of benzene rings is 2. The van der Waals surface area contributed by atoms with Crippen LogP contribution in [0.5, 0.6) is 0 Å². The number of rotatable bonds is 2. The SMILES string of the molecule is CC(C)N1c2cc3c(cc2C(C)(C)C1C)C1C([O-])C(c2cc4c(cc2NC(=O)CCCCCCCC(=O)N3)N(C(C)C)C(C)C4(C)C)C1[O-]. The van der Waals surface area contributed by atoms with Crippen LogP contribution in [0.1, 0.15) is 148 Å². The number of carbonyl (C=O) groups is 2. The lowest BCUT2D eigenvalue weighted by Crippen LogP contribution is -2.64. The van der Waals surface area contributed by atoms with Gasteiger partial charge in [-0.3, -0.25) is 9.59 Å². The van der Waals surface area contributed by atoms with Gasteiger partial charge in [-0.25, -0.2) is 0 Å². The van der Waals surface area contributed by atoms with Gasteiger partial charge in [0.05, 0.1) is 0 Å². The minimum Gasteiger partial charge on any atom is -0.851 e. The summed E-state index contributed by atoms with van der Waals surface area (Å²) >= 11 is 0. The van der Waals surface area contributed by atoms with Gasteiger partial charge in [-0.15, -0.1) is 12.2 Å². The van der Waals surface area contributed by atoms with Crippen LogP contribution < -0.4 is 30.6 Å². The van der Waals surface area contributed by atoms with E-state index in [2.05, 4.69) is 102 Å². The van der Waals surface area contributed by atoms with Crippen molar-refractivity contribution >= 4 is 34.6 Å². The van der Waals surface area contributed by atoms with Gasteiger partial charge in [-0.05, 0) is 101 Å². The Labute approximate surface area is 294 Å². The van der Waals surface area contributed by atoms with Crippen molar-refractivity contribution in [3.63, 3.8) is 0 Å². The van der Waals surface area contributed by atoms with E-state index in [1.54, 1.807) is 0 Å². The van der Waals surface area contributed by atoms with E-state index in [9.17, 15) is 19.8 Å². The molecule has 4 aliphatic heterocycles. The van der Waals surface area contributed by atoms with Crippen LogP contribution in [0, 0.1) is 0 Å². The first kappa shape index (κ1) is 35.7. The molecule has 2 atom stereocenters. The Kier molecular flexibility index (Phi) is 9.40. The topological polar surface area (TPSA) is 111 Å². The predicted octanol–water partition coefficient (Wildman–Crippen LogP) is 6.44. The Hall–Kier alpha value is -3.10. The van der Waals surface area contributed by atoms with E-state index in [1.165, 1.54) is 0 Å². The lowest BCUT2D eigenvalue weighted by molar-refractivity contribution is -0.535. The van der Waals surface area contributed by atoms with E-state index in [4.69, 9.17) is 0 Å². The van der Waals surface area contributed by atoms with Crippen molar-refractivity contribution < 1.29 is 19.8 Å². The molecule has 1 saturated carbocycles. The van der Waals surface area contributed by atoms with Gasteiger partial charge in [-0.1, -0.05) is 59.1 Å². The third-order valence-electron chi connectivity index (χ3n) is 12.8. The van der Waals surface area contributed by atoms with Gasteiger partial charge in [0.2, 0.25) is 11.8 Å². The summed E-state index contributed by atoms with van der Waals surface area (Å²) in [6.07, 6.45) is 2.57. The summed E-state index contributed by atoms with van der Waals surface area (Å²) in [6.45, 7) is 22.0. The second-order valence-corrected chi connectivity index (χ2v) is 17.1. The second kappa shape index (κ2) is 12.9. The molecule has 8 heteroatoms. The highest BCUT2D eigenvalue weighted by molar-refractivity contribution is 5.94. The molecule has 8 nitrogen and oxygen atoms in total. The monoisotopic (exact) mass is 670 g/mol. The Morgan fingerprint density at radius 1 is 0.633 bits per heavy atom. The van der Waals surface area contributed by atoms with Gasteiger partial charge in [-0.2, -0.15) is 0 Å². The normalized spacial score (nSPS) is 29.7. The molecule has 1 fully saturated rings. The molecule has 268 valence electrons. The minimum atomic E-state index is -1.23. The second-order valence-electron chi connectivity index (χ2n) is 17.1. The first-order valence-electron chi connectivity index (χ1n) is 18.8. The third-order valence-corrected chi connectivity index (χ3v) is 12.8. The van der Waals surface area contributed by atoms with E-state index < -0.39 is 24.0 Å². The smallest absolute Gasteiger partial charge is 0.224 e. The lowest BCUT2D eigenvalue weighted by Gasteiger charge is -2.62. The molecule has 5 aliphatic rings. The summed E-state index contributed by atoms with van der Waals surface area (Å²) in [5.41, 5.74) is 6.41. The Balaban J connectivity index is 1.48. The van der Waals surface area contributed by atoms with Crippen LogP contribution in [-0.2, 0) is 20.4 Å². The van der Waals surface area contributed by atoms with Crippen molar-refractivity contribution in [2.45, 2.75) is 173 Å². The standard InChI is InChI=1S/C41H58N4O4/c1-22(2)44-24(5)40(7,8)28-18-26-30(20-32(28)44)42-34(46)16-14-12-11-13-15-17-35(47)43-31-21-33-29(41(9,10)25(6)45(33)23(3)4)19-27(31)37-38(48)36(26)39(37)49/h18-25,36-39H,11-17H2,1-10H3,(H,42,46)(H,43,47)/q-2. The highest BCUT2D eigenvalue weighted by atomic mass is 16.3. The molecular formula is C41H58N4O4-2. The molecule has 0 aromatic heterocycles. The first-order valence-corrected chi connectivity index (χ1v) is 18.8. The Bertz CT molecular complexity index is 1490. The van der Waals surface area contributed by atoms with E-state index in [0.717, 1.165) is 54.6 Å². The summed E-state index contributed by atoms with van der Waals surface area (Å²) in [6, 6.07) is 9.07. The number of nitrogens with one attached hydrogen (secondary N) is 2. The molecule has 7 rings (SSSR count). The molecule has 2 amide bonds. The quantitative estimate of drug-likeness (QED) is 0.381. The zero-order valence-corrected chi connectivity index (χ0v) is 31.4. The number of carbonyl (C=O) groups excluding carboxylic acids is 2. The van der Waals surface area contributed by atoms with Gasteiger partial charge in [0.15, 0.2) is 0 Å². The van der Waals surface area contributed by atoms with Crippen molar-refractivity contribution in [2.75, 3.05) is 20.4 Å². The highest BCUT2D eigenvalue weighted by Gasteiger charge is 2.48. The van der Waals surface area contributed by atoms with Crippen LogP contribution >= 0.6 is 0 Å². The van der Waals surface area contributed by atoms with Gasteiger partial charge >= 0.3 is 0 Å². The molecule has 0 radical (unpaired) electrons. The Morgan fingerprint density at radius 2 is 0.980 bits per heavy atom. The fourth-order valence-corrected chi connectivity index (χ4v) is 9.36. The van der Waals surface area contributed by atoms with Crippen LogP contribution in [0.2, 0.25) is 0 Å². The van der Waals surface area contributed by atoms with Crippen molar-refractivity contribution in [3.8, 4) is 0 Å². The summed E-state index contributed by atoms with van der Waals surface area (Å²) in [5, 5.41) is 35.5. The molecular weight excluding hydrogens is 612 g/mol. The molecule has 2 bridgehead atoms. The van der Waals surface area contributed by atoms with Crippen molar-refractivity contribution in [1.82, 2.24) is 0 Å². The van der Waals surface area contributed by atoms with Crippen LogP contribution in [0.25, 0.3) is 0 Å². The molecule has 2 N–H and O–H groups in total. The van der Waals surface area contributed by atoms with Crippen molar-refractivity contribution in [1.29, 1.82) is 0 Å². The van der Waals surface area contributed by atoms with Gasteiger partial charge in [0, 0.05) is 70.6 Å². The predicted molar refractivity (Wildman–Crippen MR) is 196 cm³/mol. The molecule has 1 aliphatic carbocycles. The first-order chi connectivity index (χ1) is 23.0. The third kappa shape index (κ3) is 5.85. The van der Waals surface area contributed by atoms with Gasteiger partial charge in [0.1, 0.15) is 0 Å². The van der Waals surface area contributed by atoms with E-state index in [1.807, 2.05) is 12.1 Å². The number of hydrogen-bond donors (Lipinski definition) is 2. The lowest BCUT2D eigenvalue weighted by atomic mass is 9.61. The maximum Gasteiger partial charge on any atom is 0.224 e. The number of anilines is 4. The fourth-order valence-electron chi connectivity index (χ4n) is 9.36. The highest BCUT2D eigenvalue weighted by Crippen LogP contribution is 2.56. The van der Waals surface area contributed by atoms with Crippen LogP contribution in [-0.4, -0.2) is 48.2 Å². The van der Waals surface area contributed by atoms with E-state index in [0.29, 0.717) is 35.3 Å². The summed E-state index contributed by atoms with van der Waals surface area (Å²) in [5.74, 6) is -1.81. The van der Waals surface area contributed by atoms with Crippen molar-refractivity contribution in [2.24, 2.45) is 0 Å². The molecule has 2 unspecified atom stereocenters. The molecule has 4 heterocycles. The number of fused-ring (bicyclic) bond motifs is 12. The molecule has 0 saturated heterocycles. The van der Waals surface area contributed by atoms with Crippen molar-refractivity contribution in [3.05, 3.63) is 46.5 Å². The Morgan fingerprint density at radius 3 is 1.33 bits per heavy atom. The molecule has 49 heavy (non-hydrogen) atoms. The zero-order valence-electron chi connectivity index (χ0n) is 31.4. The van der Waals surface area contributed by atoms with E-state index >= 15 is 0 Å². The summed E-state index contributed by atoms with van der Waals surface area (Å²) in [7, 11) is 0. The van der Waals surface area contributed by atoms with Crippen LogP contribution in [0.4, 0.5) is 22.7 Å². The molecule has 2 aromatic carbocycles. The minimum absolute atomic E-state index is 0.0872. The zero-order chi connectivity index (χ0) is 35.7. The number of nitrogens with zero attached hydrogens (tertiary/aromatic N) is 2. The molecule has 2 aromatic rings. The number of hydrogen-bond acceptors (Lipinski definition) is 6. The summed E-state index contributed by atoms with van der Waals surface area (Å²) < 4.78 is 0. The average molecular weight is 671 g/mol. The van der Waals surface area contributed by atoms with Gasteiger partial charge < -0.3 is 30.6 Å².